The average molecular weight is 342 g/mol. The van der Waals surface area contributed by atoms with Gasteiger partial charge in [0, 0.05) is 19.0 Å². The maximum atomic E-state index is 12.2. The zero-order valence-corrected chi connectivity index (χ0v) is 12.9. The minimum Gasteiger partial charge on any atom is -0.478 e. The van der Waals surface area contributed by atoms with Crippen LogP contribution < -0.4 is 9.46 Å². The summed E-state index contributed by atoms with van der Waals surface area (Å²) in [6.45, 7) is 1.17. The Balaban J connectivity index is 1.85. The summed E-state index contributed by atoms with van der Waals surface area (Å²) in [4.78, 5) is 11.9. The van der Waals surface area contributed by atoms with Crippen LogP contribution in [0.5, 0.6) is 5.88 Å². The lowest BCUT2D eigenvalue weighted by molar-refractivity contribution is 0.0975. The number of carbonyl (C=O) groups is 1. The molecule has 1 aliphatic heterocycles. The van der Waals surface area contributed by atoms with E-state index in [1.54, 1.807) is 6.07 Å². The highest BCUT2D eigenvalue weighted by molar-refractivity contribution is 7.90. The fourth-order valence-electron chi connectivity index (χ4n) is 2.07. The predicted octanol–water partition coefficient (Wildman–Crippen LogP) is 1.44. The Morgan fingerprint density at radius 3 is 2.86 bits per heavy atom. The number of fused-ring (bicyclic) bond motifs is 1. The normalized spacial score (nSPS) is 14.0. The Bertz CT molecular complexity index is 808. The second kappa shape index (κ2) is 5.62. The first-order chi connectivity index (χ1) is 10.5. The molecule has 1 aromatic heterocycles. The van der Waals surface area contributed by atoms with Crippen LogP contribution in [0.4, 0.5) is 0 Å². The summed E-state index contributed by atoms with van der Waals surface area (Å²) in [7, 11) is -4.06. The Kier molecular flexibility index (Phi) is 3.79. The van der Waals surface area contributed by atoms with Crippen molar-refractivity contribution in [2.45, 2.75) is 17.9 Å². The molecule has 22 heavy (non-hydrogen) atoms. The minimum atomic E-state index is -4.06. The molecule has 0 radical (unpaired) electrons. The van der Waals surface area contributed by atoms with Gasteiger partial charge in [-0.05, 0) is 12.1 Å². The van der Waals surface area contributed by atoms with Crippen LogP contribution in [0, 0.1) is 0 Å². The zero-order valence-electron chi connectivity index (χ0n) is 11.3. The number of aryl methyl sites for hydroxylation is 1. The van der Waals surface area contributed by atoms with Crippen molar-refractivity contribution in [3.63, 3.8) is 0 Å². The van der Waals surface area contributed by atoms with Gasteiger partial charge in [0.25, 0.3) is 15.9 Å². The van der Waals surface area contributed by atoms with Crippen molar-refractivity contribution in [2.24, 2.45) is 0 Å². The smallest absolute Gasteiger partial charge is 0.285 e. The first-order valence-electron chi connectivity index (χ1n) is 6.50. The Labute approximate surface area is 131 Å². The Morgan fingerprint density at radius 1 is 1.36 bits per heavy atom. The van der Waals surface area contributed by atoms with Gasteiger partial charge < -0.3 is 4.74 Å². The first-order valence-corrected chi connectivity index (χ1v) is 8.36. The number of hydrogen-bond acceptors (Lipinski definition) is 5. The molecule has 0 atom stereocenters. The molecule has 0 bridgehead atoms. The van der Waals surface area contributed by atoms with E-state index in [9.17, 15) is 13.2 Å². The SMILES string of the molecule is O=C(NS(=O)(=O)c1ccccc1Cl)c1cc2n(n1)CCCO2. The highest BCUT2D eigenvalue weighted by Gasteiger charge is 2.24. The van der Waals surface area contributed by atoms with Gasteiger partial charge in [0.05, 0.1) is 11.6 Å². The number of rotatable bonds is 3. The molecule has 7 nitrogen and oxygen atoms in total. The molecule has 0 saturated heterocycles. The molecule has 0 saturated carbocycles. The molecule has 0 spiro atoms. The number of carbonyl (C=O) groups excluding carboxylic acids is 1. The van der Waals surface area contributed by atoms with Crippen molar-refractivity contribution in [1.82, 2.24) is 14.5 Å². The van der Waals surface area contributed by atoms with E-state index in [-0.39, 0.29) is 15.6 Å². The molecule has 2 heterocycles. The molecule has 9 heteroatoms. The maximum Gasteiger partial charge on any atom is 0.285 e. The zero-order chi connectivity index (χ0) is 15.7. The fraction of sp³-hybridized carbons (Fsp3) is 0.231. The molecule has 3 rings (SSSR count). The van der Waals surface area contributed by atoms with Gasteiger partial charge in [-0.3, -0.25) is 4.79 Å². The number of hydrogen-bond donors (Lipinski definition) is 1. The number of ether oxygens (including phenoxy) is 1. The van der Waals surface area contributed by atoms with Gasteiger partial charge in [0.2, 0.25) is 5.88 Å². The molecular weight excluding hydrogens is 330 g/mol. The lowest BCUT2D eigenvalue weighted by atomic mass is 10.4. The number of nitrogens with one attached hydrogen (secondary N) is 1. The van der Waals surface area contributed by atoms with E-state index in [1.165, 1.54) is 28.9 Å². The summed E-state index contributed by atoms with van der Waals surface area (Å²) in [5.41, 5.74) is -0.0208. The molecule has 1 aromatic carbocycles. The molecule has 1 amide bonds. The summed E-state index contributed by atoms with van der Waals surface area (Å²) >= 11 is 5.85. The third-order valence-electron chi connectivity index (χ3n) is 3.09. The monoisotopic (exact) mass is 341 g/mol. The van der Waals surface area contributed by atoms with E-state index in [0.29, 0.717) is 19.0 Å². The van der Waals surface area contributed by atoms with Crippen LogP contribution in [0.3, 0.4) is 0 Å². The standard InChI is InChI=1S/C13H12ClN3O4S/c14-9-4-1-2-5-11(9)22(19,20)16-13(18)10-8-12-17(15-10)6-3-7-21-12/h1-2,4-5,8H,3,6-7H2,(H,16,18). The van der Waals surface area contributed by atoms with Gasteiger partial charge in [-0.25, -0.2) is 17.8 Å². The van der Waals surface area contributed by atoms with Crippen molar-refractivity contribution >= 4 is 27.5 Å². The molecular formula is C13H12ClN3O4S. The minimum absolute atomic E-state index is 0.0208. The second-order valence-electron chi connectivity index (χ2n) is 4.66. The van der Waals surface area contributed by atoms with E-state index in [1.807, 2.05) is 4.72 Å². The lowest BCUT2D eigenvalue weighted by Crippen LogP contribution is -2.31. The molecule has 0 fully saturated rings. The van der Waals surface area contributed by atoms with Crippen LogP contribution in [-0.4, -0.2) is 30.7 Å². The number of nitrogens with zero attached hydrogens (tertiary/aromatic N) is 2. The van der Waals surface area contributed by atoms with Crippen LogP contribution in [-0.2, 0) is 16.6 Å². The Hall–Kier alpha value is -2.06. The van der Waals surface area contributed by atoms with Gasteiger partial charge >= 0.3 is 0 Å². The van der Waals surface area contributed by atoms with Gasteiger partial charge in [-0.1, -0.05) is 23.7 Å². The lowest BCUT2D eigenvalue weighted by Gasteiger charge is -2.13. The van der Waals surface area contributed by atoms with Gasteiger partial charge in [0.15, 0.2) is 5.69 Å². The molecule has 2 aromatic rings. The third kappa shape index (κ3) is 2.79. The van der Waals surface area contributed by atoms with Crippen LogP contribution in [0.2, 0.25) is 5.02 Å². The fourth-order valence-corrected chi connectivity index (χ4v) is 3.55. The summed E-state index contributed by atoms with van der Waals surface area (Å²) in [6, 6.07) is 7.29. The predicted molar refractivity (Wildman–Crippen MR) is 78.4 cm³/mol. The van der Waals surface area contributed by atoms with Crippen molar-refractivity contribution < 1.29 is 17.9 Å². The molecule has 0 unspecified atom stereocenters. The number of amides is 1. The van der Waals surface area contributed by atoms with Crippen molar-refractivity contribution in [3.05, 3.63) is 41.0 Å². The second-order valence-corrected chi connectivity index (χ2v) is 6.72. The van der Waals surface area contributed by atoms with E-state index < -0.39 is 15.9 Å². The number of halogens is 1. The largest absolute Gasteiger partial charge is 0.478 e. The third-order valence-corrected chi connectivity index (χ3v) is 4.92. The summed E-state index contributed by atoms with van der Waals surface area (Å²) in [5.74, 6) is -0.378. The summed E-state index contributed by atoms with van der Waals surface area (Å²) in [5, 5.41) is 4.07. The van der Waals surface area contributed by atoms with E-state index in [2.05, 4.69) is 5.10 Å². The van der Waals surface area contributed by atoms with Crippen molar-refractivity contribution in [3.8, 4) is 5.88 Å². The quantitative estimate of drug-likeness (QED) is 0.912. The number of sulfonamides is 1. The van der Waals surface area contributed by atoms with Gasteiger partial charge in [0.1, 0.15) is 4.90 Å². The highest BCUT2D eigenvalue weighted by atomic mass is 35.5. The summed E-state index contributed by atoms with van der Waals surface area (Å²) in [6.07, 6.45) is 0.785. The number of benzene rings is 1. The van der Waals surface area contributed by atoms with Gasteiger partial charge in [-0.2, -0.15) is 5.10 Å². The average Bonchev–Trinajstić information content (AvgIpc) is 2.91. The topological polar surface area (TPSA) is 90.3 Å². The van der Waals surface area contributed by atoms with Crippen LogP contribution in [0.25, 0.3) is 0 Å². The molecule has 0 aliphatic carbocycles. The highest BCUT2D eigenvalue weighted by Crippen LogP contribution is 2.21. The number of aromatic nitrogens is 2. The van der Waals surface area contributed by atoms with Crippen LogP contribution >= 0.6 is 11.6 Å². The van der Waals surface area contributed by atoms with E-state index in [0.717, 1.165) is 6.42 Å². The van der Waals surface area contributed by atoms with Crippen molar-refractivity contribution in [1.29, 1.82) is 0 Å². The summed E-state index contributed by atoms with van der Waals surface area (Å²) < 4.78 is 33.2. The van der Waals surface area contributed by atoms with Crippen molar-refractivity contribution in [2.75, 3.05) is 6.61 Å². The molecule has 1 N–H and O–H groups in total. The van der Waals surface area contributed by atoms with Crippen LogP contribution in [0.15, 0.2) is 35.2 Å². The van der Waals surface area contributed by atoms with E-state index in [4.69, 9.17) is 16.3 Å². The molecule has 1 aliphatic rings. The van der Waals surface area contributed by atoms with Crippen LogP contribution in [0.1, 0.15) is 16.9 Å². The maximum absolute atomic E-state index is 12.2. The van der Waals surface area contributed by atoms with Gasteiger partial charge in [-0.15, -0.1) is 0 Å². The Morgan fingerprint density at radius 2 is 2.14 bits per heavy atom. The first kappa shape index (κ1) is 14.9. The molecule has 116 valence electrons. The van der Waals surface area contributed by atoms with E-state index >= 15 is 0 Å².